The van der Waals surface area contributed by atoms with E-state index in [-0.39, 0.29) is 5.69 Å². The van der Waals surface area contributed by atoms with Crippen molar-refractivity contribution in [2.24, 2.45) is 0 Å². The molecule has 0 unspecified atom stereocenters. The molecule has 0 N–H and O–H groups in total. The highest BCUT2D eigenvalue weighted by Crippen LogP contribution is 2.31. The summed E-state index contributed by atoms with van der Waals surface area (Å²) < 4.78 is 38.2. The van der Waals surface area contributed by atoms with Crippen molar-refractivity contribution in [1.82, 2.24) is 4.98 Å². The summed E-state index contributed by atoms with van der Waals surface area (Å²) in [4.78, 5) is 3.54. The second-order valence-corrected chi connectivity index (χ2v) is 3.57. The highest BCUT2D eigenvalue weighted by Gasteiger charge is 2.35. The maximum atomic E-state index is 12.7. The van der Waals surface area contributed by atoms with E-state index in [4.69, 9.17) is 5.26 Å². The fraction of sp³-hybridized carbons (Fsp3) is 0.0769. The number of hydrogen-bond donors (Lipinski definition) is 0. The van der Waals surface area contributed by atoms with Crippen LogP contribution in [0.25, 0.3) is 11.3 Å². The molecule has 0 atom stereocenters. The van der Waals surface area contributed by atoms with Crippen LogP contribution in [0, 0.1) is 11.3 Å². The minimum atomic E-state index is -4.63. The van der Waals surface area contributed by atoms with Crippen LogP contribution >= 0.6 is 0 Å². The van der Waals surface area contributed by atoms with Crippen LogP contribution in [0.5, 0.6) is 0 Å². The van der Waals surface area contributed by atoms with Gasteiger partial charge in [0.1, 0.15) is 6.07 Å². The molecule has 0 aliphatic heterocycles. The zero-order valence-electron chi connectivity index (χ0n) is 9.07. The summed E-state index contributed by atoms with van der Waals surface area (Å²) >= 11 is 0. The van der Waals surface area contributed by atoms with Gasteiger partial charge in [-0.1, -0.05) is 30.3 Å². The minimum absolute atomic E-state index is 0.196. The maximum Gasteiger partial charge on any atom is 0.434 e. The molecule has 0 radical (unpaired) electrons. The highest BCUT2D eigenvalue weighted by atomic mass is 19.4. The molecule has 5 heteroatoms. The average Bonchev–Trinajstić information content (AvgIpc) is 2.38. The predicted molar refractivity (Wildman–Crippen MR) is 59.4 cm³/mol. The van der Waals surface area contributed by atoms with Crippen molar-refractivity contribution in [2.75, 3.05) is 0 Å². The summed E-state index contributed by atoms with van der Waals surface area (Å²) in [5.74, 6) is 0. The number of rotatable bonds is 1. The van der Waals surface area contributed by atoms with Crippen molar-refractivity contribution in [3.05, 3.63) is 53.7 Å². The molecule has 0 aliphatic carbocycles. The lowest BCUT2D eigenvalue weighted by molar-refractivity contribution is -0.141. The number of aromatic nitrogens is 1. The lowest BCUT2D eigenvalue weighted by atomic mass is 10.1. The average molecular weight is 248 g/mol. The van der Waals surface area contributed by atoms with E-state index in [0.29, 0.717) is 5.56 Å². The Morgan fingerprint density at radius 2 is 1.67 bits per heavy atom. The third kappa shape index (κ3) is 2.33. The van der Waals surface area contributed by atoms with E-state index in [1.807, 2.05) is 0 Å². The molecular formula is C13H7F3N2. The van der Waals surface area contributed by atoms with Crippen LogP contribution in [0.3, 0.4) is 0 Å². The van der Waals surface area contributed by atoms with Crippen molar-refractivity contribution in [1.29, 1.82) is 5.26 Å². The molecule has 2 rings (SSSR count). The smallest absolute Gasteiger partial charge is 0.242 e. The quantitative estimate of drug-likeness (QED) is 0.772. The topological polar surface area (TPSA) is 36.7 Å². The third-order valence-electron chi connectivity index (χ3n) is 2.35. The molecule has 1 heterocycles. The Bertz CT molecular complexity index is 598. The Labute approximate surface area is 101 Å². The molecular weight excluding hydrogens is 241 g/mol. The van der Waals surface area contributed by atoms with E-state index in [9.17, 15) is 13.2 Å². The Morgan fingerprint density at radius 1 is 1.00 bits per heavy atom. The molecule has 0 amide bonds. The fourth-order valence-electron chi connectivity index (χ4n) is 1.54. The van der Waals surface area contributed by atoms with Gasteiger partial charge in [0.05, 0.1) is 11.3 Å². The first kappa shape index (κ1) is 12.1. The van der Waals surface area contributed by atoms with Gasteiger partial charge in [0.15, 0.2) is 5.69 Å². The summed E-state index contributed by atoms with van der Waals surface area (Å²) in [6.45, 7) is 0. The van der Waals surface area contributed by atoms with Crippen molar-refractivity contribution in [3.8, 4) is 17.3 Å². The second kappa shape index (κ2) is 4.49. The first-order chi connectivity index (χ1) is 8.52. The molecule has 0 aliphatic rings. The Morgan fingerprint density at radius 3 is 2.22 bits per heavy atom. The van der Waals surface area contributed by atoms with Gasteiger partial charge in [0.25, 0.3) is 0 Å². The Kier molecular flexibility index (Phi) is 3.02. The molecule has 0 fully saturated rings. The monoisotopic (exact) mass is 248 g/mol. The molecule has 1 aromatic carbocycles. The number of benzene rings is 1. The molecule has 0 spiro atoms. The number of alkyl halides is 3. The van der Waals surface area contributed by atoms with E-state index in [2.05, 4.69) is 4.98 Å². The van der Waals surface area contributed by atoms with Crippen molar-refractivity contribution in [3.63, 3.8) is 0 Å². The summed E-state index contributed by atoms with van der Waals surface area (Å²) in [6.07, 6.45) is -4.63. The Balaban J connectivity index is 2.58. The van der Waals surface area contributed by atoms with Crippen molar-refractivity contribution >= 4 is 0 Å². The zero-order chi connectivity index (χ0) is 13.2. The van der Waals surface area contributed by atoms with Crippen LogP contribution < -0.4 is 0 Å². The number of nitriles is 1. The third-order valence-corrected chi connectivity index (χ3v) is 2.35. The number of hydrogen-bond acceptors (Lipinski definition) is 2. The predicted octanol–water partition coefficient (Wildman–Crippen LogP) is 3.64. The fourth-order valence-corrected chi connectivity index (χ4v) is 1.54. The Hall–Kier alpha value is -2.35. The standard InChI is InChI=1S/C13H7F3N2/c14-13(15,16)12-10(8-17)6-7-11(18-12)9-4-2-1-3-5-9/h1-7H. The molecule has 0 bridgehead atoms. The second-order valence-electron chi connectivity index (χ2n) is 3.57. The first-order valence-electron chi connectivity index (χ1n) is 5.06. The molecule has 90 valence electrons. The van der Waals surface area contributed by atoms with Crippen LogP contribution in [0.2, 0.25) is 0 Å². The van der Waals surface area contributed by atoms with Crippen LogP contribution in [0.4, 0.5) is 13.2 Å². The SMILES string of the molecule is N#Cc1ccc(-c2ccccc2)nc1C(F)(F)F. The number of pyridine rings is 1. The molecule has 2 nitrogen and oxygen atoms in total. The van der Waals surface area contributed by atoms with Gasteiger partial charge in [-0.2, -0.15) is 18.4 Å². The van der Waals surface area contributed by atoms with Gasteiger partial charge in [-0.05, 0) is 12.1 Å². The van der Waals surface area contributed by atoms with Gasteiger partial charge < -0.3 is 0 Å². The zero-order valence-corrected chi connectivity index (χ0v) is 9.07. The molecule has 2 aromatic rings. The van der Waals surface area contributed by atoms with E-state index >= 15 is 0 Å². The molecule has 1 aromatic heterocycles. The van der Waals surface area contributed by atoms with Gasteiger partial charge in [-0.15, -0.1) is 0 Å². The van der Waals surface area contributed by atoms with E-state index < -0.39 is 17.4 Å². The van der Waals surface area contributed by atoms with Crippen LogP contribution in [-0.2, 0) is 6.18 Å². The minimum Gasteiger partial charge on any atom is -0.242 e. The van der Waals surface area contributed by atoms with Crippen LogP contribution in [-0.4, -0.2) is 4.98 Å². The normalized spacial score (nSPS) is 11.0. The highest BCUT2D eigenvalue weighted by molar-refractivity contribution is 5.60. The van der Waals surface area contributed by atoms with Crippen molar-refractivity contribution < 1.29 is 13.2 Å². The lowest BCUT2D eigenvalue weighted by Crippen LogP contribution is -2.11. The summed E-state index contributed by atoms with van der Waals surface area (Å²) in [5.41, 5.74) is -0.844. The van der Waals surface area contributed by atoms with Crippen LogP contribution in [0.1, 0.15) is 11.3 Å². The number of halogens is 3. The van der Waals surface area contributed by atoms with Gasteiger partial charge in [-0.25, -0.2) is 4.98 Å². The summed E-state index contributed by atoms with van der Waals surface area (Å²) in [5, 5.41) is 8.65. The molecule has 0 saturated carbocycles. The first-order valence-corrected chi connectivity index (χ1v) is 5.06. The maximum absolute atomic E-state index is 12.7. The van der Waals surface area contributed by atoms with Crippen LogP contribution in [0.15, 0.2) is 42.5 Å². The number of nitrogens with zero attached hydrogens (tertiary/aromatic N) is 2. The van der Waals surface area contributed by atoms with E-state index in [0.717, 1.165) is 6.07 Å². The van der Waals surface area contributed by atoms with E-state index in [1.54, 1.807) is 30.3 Å². The molecule has 18 heavy (non-hydrogen) atoms. The summed E-state index contributed by atoms with van der Waals surface area (Å²) in [6, 6.07) is 12.5. The summed E-state index contributed by atoms with van der Waals surface area (Å²) in [7, 11) is 0. The van der Waals surface area contributed by atoms with E-state index in [1.165, 1.54) is 12.1 Å². The van der Waals surface area contributed by atoms with Crippen molar-refractivity contribution in [2.45, 2.75) is 6.18 Å². The van der Waals surface area contributed by atoms with Gasteiger partial charge >= 0.3 is 6.18 Å². The largest absolute Gasteiger partial charge is 0.434 e. The van der Waals surface area contributed by atoms with Gasteiger partial charge in [0.2, 0.25) is 0 Å². The van der Waals surface area contributed by atoms with Gasteiger partial charge in [0, 0.05) is 5.56 Å². The lowest BCUT2D eigenvalue weighted by Gasteiger charge is -2.09. The van der Waals surface area contributed by atoms with Gasteiger partial charge in [-0.3, -0.25) is 0 Å². The molecule has 0 saturated heterocycles.